The van der Waals surface area contributed by atoms with Crippen molar-refractivity contribution in [2.24, 2.45) is 0 Å². The maximum atomic E-state index is 12.3. The molecule has 1 amide bonds. The molecule has 0 unspecified atom stereocenters. The molecule has 0 spiro atoms. The molecule has 1 N–H and O–H groups in total. The van der Waals surface area contributed by atoms with E-state index in [-0.39, 0.29) is 24.7 Å². The zero-order valence-corrected chi connectivity index (χ0v) is 13.6. The summed E-state index contributed by atoms with van der Waals surface area (Å²) in [6, 6.07) is 12.4. The van der Waals surface area contributed by atoms with Crippen molar-refractivity contribution < 1.29 is 19.1 Å². The lowest BCUT2D eigenvalue weighted by atomic mass is 10.1. The van der Waals surface area contributed by atoms with Crippen molar-refractivity contribution in [3.05, 3.63) is 65.5 Å². The number of amides is 1. The zero-order chi connectivity index (χ0) is 18.1. The molecule has 1 aliphatic rings. The number of carbonyl (C=O) groups excluding carboxylic acids is 2. The van der Waals surface area contributed by atoms with Crippen LogP contribution in [0.1, 0.15) is 21.5 Å². The lowest BCUT2D eigenvalue weighted by Gasteiger charge is -2.18. The van der Waals surface area contributed by atoms with Gasteiger partial charge >= 0.3 is 5.97 Å². The molecular weight excluding hydrogens is 334 g/mol. The number of nitriles is 1. The maximum absolute atomic E-state index is 12.3. The van der Waals surface area contributed by atoms with Crippen molar-refractivity contribution in [2.75, 3.05) is 11.9 Å². The van der Waals surface area contributed by atoms with E-state index in [1.807, 2.05) is 28.8 Å². The molecule has 2 aromatic heterocycles. The number of pyridine rings is 1. The van der Waals surface area contributed by atoms with Crippen LogP contribution in [0.4, 0.5) is 5.69 Å². The van der Waals surface area contributed by atoms with Gasteiger partial charge in [-0.15, -0.1) is 0 Å². The summed E-state index contributed by atoms with van der Waals surface area (Å²) in [7, 11) is 0. The van der Waals surface area contributed by atoms with E-state index in [1.165, 1.54) is 6.07 Å². The van der Waals surface area contributed by atoms with Gasteiger partial charge in [0.2, 0.25) is 0 Å². The van der Waals surface area contributed by atoms with Crippen LogP contribution in [0.3, 0.4) is 0 Å². The van der Waals surface area contributed by atoms with Crippen LogP contribution in [0.5, 0.6) is 5.75 Å². The van der Waals surface area contributed by atoms with E-state index in [0.717, 1.165) is 5.52 Å². The first-order valence-electron chi connectivity index (χ1n) is 7.88. The lowest BCUT2D eigenvalue weighted by molar-refractivity contribution is -0.118. The molecule has 0 atom stereocenters. The minimum Gasteiger partial charge on any atom is -0.482 e. The van der Waals surface area contributed by atoms with Crippen LogP contribution < -0.4 is 10.1 Å². The van der Waals surface area contributed by atoms with E-state index < -0.39 is 5.97 Å². The van der Waals surface area contributed by atoms with Gasteiger partial charge < -0.3 is 19.2 Å². The molecule has 128 valence electrons. The summed E-state index contributed by atoms with van der Waals surface area (Å²) in [5.41, 5.74) is 2.58. The van der Waals surface area contributed by atoms with Gasteiger partial charge in [-0.2, -0.15) is 5.26 Å². The molecular formula is C19H13N3O4. The Kier molecular flexibility index (Phi) is 3.78. The van der Waals surface area contributed by atoms with Crippen molar-refractivity contribution in [3.63, 3.8) is 0 Å². The minimum atomic E-state index is -0.549. The van der Waals surface area contributed by atoms with E-state index in [2.05, 4.69) is 11.4 Å². The first kappa shape index (κ1) is 15.7. The number of hydrogen-bond donors (Lipinski definition) is 1. The van der Waals surface area contributed by atoms with Crippen molar-refractivity contribution in [2.45, 2.75) is 6.61 Å². The fraction of sp³-hybridized carbons (Fsp3) is 0.105. The fourth-order valence-electron chi connectivity index (χ4n) is 2.85. The zero-order valence-electron chi connectivity index (χ0n) is 13.6. The number of benzene rings is 1. The molecule has 1 aromatic carbocycles. The highest BCUT2D eigenvalue weighted by atomic mass is 16.5. The van der Waals surface area contributed by atoms with Gasteiger partial charge in [0.1, 0.15) is 18.4 Å². The SMILES string of the molecule is N#Cc1c(COC(=O)c2ccc3c(c2)NC(=O)CO3)cn2ccccc12. The van der Waals surface area contributed by atoms with E-state index in [1.54, 1.807) is 18.3 Å². The van der Waals surface area contributed by atoms with Gasteiger partial charge in [-0.25, -0.2) is 4.79 Å². The Labute approximate surface area is 148 Å². The van der Waals surface area contributed by atoms with E-state index >= 15 is 0 Å². The Hall–Kier alpha value is -3.79. The second kappa shape index (κ2) is 6.26. The first-order valence-corrected chi connectivity index (χ1v) is 7.88. The van der Waals surface area contributed by atoms with Crippen molar-refractivity contribution >= 4 is 23.1 Å². The standard InChI is InChI=1S/C19H13N3O4/c20-8-14-13(9-22-6-2-1-3-16(14)22)10-26-19(24)12-4-5-17-15(7-12)21-18(23)11-25-17/h1-7,9H,10-11H2,(H,21,23). The predicted octanol–water partition coefficient (Wildman–Crippen LogP) is 2.50. The molecule has 0 bridgehead atoms. The molecule has 7 nitrogen and oxygen atoms in total. The Morgan fingerprint density at radius 2 is 2.23 bits per heavy atom. The van der Waals surface area contributed by atoms with Crippen LogP contribution in [0.15, 0.2) is 48.8 Å². The van der Waals surface area contributed by atoms with Gasteiger partial charge in [0.05, 0.1) is 22.3 Å². The average Bonchev–Trinajstić information content (AvgIpc) is 3.02. The number of nitrogens with one attached hydrogen (secondary N) is 1. The van der Waals surface area contributed by atoms with Gasteiger partial charge in [0.15, 0.2) is 6.61 Å². The van der Waals surface area contributed by atoms with E-state index in [9.17, 15) is 14.9 Å². The fourth-order valence-corrected chi connectivity index (χ4v) is 2.85. The number of anilines is 1. The van der Waals surface area contributed by atoms with Gasteiger partial charge in [0, 0.05) is 18.0 Å². The van der Waals surface area contributed by atoms with Gasteiger partial charge in [0.25, 0.3) is 5.91 Å². The summed E-state index contributed by atoms with van der Waals surface area (Å²) >= 11 is 0. The van der Waals surface area contributed by atoms with Crippen molar-refractivity contribution in [3.8, 4) is 11.8 Å². The second-order valence-corrected chi connectivity index (χ2v) is 5.76. The number of esters is 1. The molecule has 3 heterocycles. The van der Waals surface area contributed by atoms with Gasteiger partial charge in [-0.1, -0.05) is 6.07 Å². The second-order valence-electron chi connectivity index (χ2n) is 5.76. The van der Waals surface area contributed by atoms with Crippen molar-refractivity contribution in [1.29, 1.82) is 5.26 Å². The van der Waals surface area contributed by atoms with Crippen LogP contribution in [-0.4, -0.2) is 22.9 Å². The topological polar surface area (TPSA) is 92.8 Å². The van der Waals surface area contributed by atoms with Gasteiger partial charge in [-0.3, -0.25) is 4.79 Å². The van der Waals surface area contributed by atoms with Crippen molar-refractivity contribution in [1.82, 2.24) is 4.40 Å². The predicted molar refractivity (Wildman–Crippen MR) is 91.8 cm³/mol. The molecule has 0 aliphatic carbocycles. The Morgan fingerprint density at radius 3 is 3.08 bits per heavy atom. The van der Waals surface area contributed by atoms with Crippen LogP contribution in [-0.2, 0) is 16.1 Å². The monoisotopic (exact) mass is 347 g/mol. The molecule has 7 heteroatoms. The van der Waals surface area contributed by atoms with Gasteiger partial charge in [-0.05, 0) is 30.3 Å². The molecule has 0 fully saturated rings. The number of nitrogens with zero attached hydrogens (tertiary/aromatic N) is 2. The third kappa shape index (κ3) is 2.74. The summed E-state index contributed by atoms with van der Waals surface area (Å²) in [5, 5.41) is 12.0. The summed E-state index contributed by atoms with van der Waals surface area (Å²) in [6.45, 7) is -0.0701. The Bertz CT molecular complexity index is 1080. The quantitative estimate of drug-likeness (QED) is 0.735. The van der Waals surface area contributed by atoms with E-state index in [4.69, 9.17) is 9.47 Å². The summed E-state index contributed by atoms with van der Waals surface area (Å²) in [5.74, 6) is -0.319. The lowest BCUT2D eigenvalue weighted by Crippen LogP contribution is -2.25. The average molecular weight is 347 g/mol. The molecule has 0 saturated heterocycles. The van der Waals surface area contributed by atoms with Crippen LogP contribution in [0, 0.1) is 11.3 Å². The minimum absolute atomic E-state index is 0.0245. The number of carbonyl (C=O) groups is 2. The summed E-state index contributed by atoms with van der Waals surface area (Å²) in [4.78, 5) is 23.7. The smallest absolute Gasteiger partial charge is 0.338 e. The Balaban J connectivity index is 1.54. The third-order valence-electron chi connectivity index (χ3n) is 4.08. The number of rotatable bonds is 3. The number of fused-ring (bicyclic) bond motifs is 2. The first-order chi connectivity index (χ1) is 12.7. The number of aromatic nitrogens is 1. The molecule has 26 heavy (non-hydrogen) atoms. The molecule has 3 aromatic rings. The maximum Gasteiger partial charge on any atom is 0.338 e. The number of hydrogen-bond acceptors (Lipinski definition) is 5. The highest BCUT2D eigenvalue weighted by Gasteiger charge is 2.19. The largest absolute Gasteiger partial charge is 0.482 e. The molecule has 0 radical (unpaired) electrons. The number of ether oxygens (including phenoxy) is 2. The summed E-state index contributed by atoms with van der Waals surface area (Å²) in [6.07, 6.45) is 3.59. The van der Waals surface area contributed by atoms with E-state index in [0.29, 0.717) is 22.6 Å². The summed E-state index contributed by atoms with van der Waals surface area (Å²) < 4.78 is 12.4. The Morgan fingerprint density at radius 1 is 1.35 bits per heavy atom. The van der Waals surface area contributed by atoms with Crippen LogP contribution in [0.2, 0.25) is 0 Å². The normalized spacial score (nSPS) is 12.7. The molecule has 1 aliphatic heterocycles. The highest BCUT2D eigenvalue weighted by Crippen LogP contribution is 2.29. The third-order valence-corrected chi connectivity index (χ3v) is 4.08. The molecule has 4 rings (SSSR count). The van der Waals surface area contributed by atoms with Crippen LogP contribution in [0.25, 0.3) is 5.52 Å². The van der Waals surface area contributed by atoms with Crippen LogP contribution >= 0.6 is 0 Å². The highest BCUT2D eigenvalue weighted by molar-refractivity contribution is 5.98. The molecule has 0 saturated carbocycles.